The molecule has 8 rings (SSSR count). The number of anilines is 1. The first-order chi connectivity index (χ1) is 24.5. The fourth-order valence-corrected chi connectivity index (χ4v) is 8.57. The van der Waals surface area contributed by atoms with Crippen molar-refractivity contribution in [3.8, 4) is 0 Å². The number of Topliss-reactive ketones (excluding diaryl/α,β-unsaturated/α-hetero) is 1. The van der Waals surface area contributed by atoms with Gasteiger partial charge in [0.15, 0.2) is 12.4 Å². The number of hydrogen-bond acceptors (Lipinski definition) is 4. The Morgan fingerprint density at radius 3 is 1.36 bits per heavy atom. The lowest BCUT2D eigenvalue weighted by atomic mass is 9.59. The number of halogens is 1. The fraction of sp³-hybridized carbons (Fsp3) is 0.156. The van der Waals surface area contributed by atoms with Gasteiger partial charge >= 0.3 is 5.97 Å². The summed E-state index contributed by atoms with van der Waals surface area (Å²) in [4.78, 5) is 29.9. The fourth-order valence-electron chi connectivity index (χ4n) is 8.31. The molecule has 0 saturated heterocycles. The van der Waals surface area contributed by atoms with Crippen LogP contribution in [-0.2, 0) is 15.6 Å². The van der Waals surface area contributed by atoms with Gasteiger partial charge in [-0.15, -0.1) is 0 Å². The second-order valence-electron chi connectivity index (χ2n) is 13.2. The Kier molecular flexibility index (Phi) is 8.45. The zero-order valence-electron chi connectivity index (χ0n) is 27.6. The highest BCUT2D eigenvalue weighted by molar-refractivity contribution is 9.10. The molecule has 0 atom stereocenters. The van der Waals surface area contributed by atoms with Crippen molar-refractivity contribution in [3.63, 3.8) is 0 Å². The van der Waals surface area contributed by atoms with E-state index < -0.39 is 16.8 Å². The lowest BCUT2D eigenvalue weighted by molar-refractivity contribution is 0.0474. The van der Waals surface area contributed by atoms with E-state index in [0.29, 0.717) is 11.1 Å². The Balaban J connectivity index is 1.38. The molecule has 50 heavy (non-hydrogen) atoms. The number of esters is 1. The van der Waals surface area contributed by atoms with E-state index in [1.54, 1.807) is 12.1 Å². The van der Waals surface area contributed by atoms with Crippen molar-refractivity contribution in [1.29, 1.82) is 0 Å². The van der Waals surface area contributed by atoms with E-state index in [2.05, 4.69) is 142 Å². The maximum atomic E-state index is 14.3. The molecular weight excluding hydrogens is 682 g/mol. The van der Waals surface area contributed by atoms with Crippen LogP contribution in [0.1, 0.15) is 66.9 Å². The molecule has 2 heterocycles. The highest BCUT2D eigenvalue weighted by Crippen LogP contribution is 2.57. The van der Waals surface area contributed by atoms with E-state index in [1.807, 2.05) is 24.3 Å². The van der Waals surface area contributed by atoms with E-state index in [1.165, 1.54) is 27.9 Å². The highest BCUT2D eigenvalue weighted by atomic mass is 79.9. The number of nitrogens with zero attached hydrogens (tertiary/aromatic N) is 1. The highest BCUT2D eigenvalue weighted by Gasteiger charge is 2.50. The standard InChI is InChI=1S/C45H36BrNO3/c46-38-23-21-32(22-24-38)41(48)31-50-43(49)33-29-39-42-40(30-33)45(36-17-9-3-10-18-36,37-19-11-4-12-20-37)26-28-47(42)27-25-44(39,34-13-5-1-6-14-34)35-15-7-2-8-16-35/h1-24,29-30H,25-28,31H2. The first-order valence-electron chi connectivity index (χ1n) is 17.1. The average Bonchev–Trinajstić information content (AvgIpc) is 3.19. The van der Waals surface area contributed by atoms with Crippen LogP contribution in [0, 0.1) is 0 Å². The molecule has 0 unspecified atom stereocenters. The minimum absolute atomic E-state index is 0.248. The van der Waals surface area contributed by atoms with Crippen molar-refractivity contribution >= 4 is 33.4 Å². The molecule has 0 radical (unpaired) electrons. The molecule has 0 amide bonds. The van der Waals surface area contributed by atoms with Crippen molar-refractivity contribution in [1.82, 2.24) is 0 Å². The predicted octanol–water partition coefficient (Wildman–Crippen LogP) is 9.77. The molecule has 4 nitrogen and oxygen atoms in total. The molecule has 5 heteroatoms. The van der Waals surface area contributed by atoms with Crippen molar-refractivity contribution in [3.05, 3.63) is 207 Å². The van der Waals surface area contributed by atoms with E-state index >= 15 is 0 Å². The van der Waals surface area contributed by atoms with Gasteiger partial charge in [-0.1, -0.05) is 149 Å². The normalized spacial score (nSPS) is 15.5. The third kappa shape index (κ3) is 5.37. The van der Waals surface area contributed by atoms with Crippen LogP contribution in [0.5, 0.6) is 0 Å². The summed E-state index contributed by atoms with van der Waals surface area (Å²) in [6.07, 6.45) is 1.69. The minimum atomic E-state index is -0.525. The zero-order valence-corrected chi connectivity index (χ0v) is 29.2. The van der Waals surface area contributed by atoms with Gasteiger partial charge in [0, 0.05) is 39.6 Å². The predicted molar refractivity (Wildman–Crippen MR) is 202 cm³/mol. The Morgan fingerprint density at radius 1 is 0.560 bits per heavy atom. The summed E-state index contributed by atoms with van der Waals surface area (Å²) in [7, 11) is 0. The van der Waals surface area contributed by atoms with Gasteiger partial charge in [0.2, 0.25) is 0 Å². The number of ketones is 1. The van der Waals surface area contributed by atoms with Crippen LogP contribution < -0.4 is 4.90 Å². The van der Waals surface area contributed by atoms with Gasteiger partial charge in [-0.3, -0.25) is 4.79 Å². The van der Waals surface area contributed by atoms with Crippen LogP contribution in [0.3, 0.4) is 0 Å². The molecule has 0 bridgehead atoms. The molecule has 0 saturated carbocycles. The Hall–Kier alpha value is -5.26. The van der Waals surface area contributed by atoms with E-state index in [0.717, 1.165) is 41.5 Å². The van der Waals surface area contributed by atoms with Gasteiger partial charge in [-0.25, -0.2) is 4.79 Å². The van der Waals surface area contributed by atoms with Crippen molar-refractivity contribution in [2.24, 2.45) is 0 Å². The number of hydrogen-bond donors (Lipinski definition) is 0. The van der Waals surface area contributed by atoms with Gasteiger partial charge in [-0.2, -0.15) is 0 Å². The summed E-state index contributed by atoms with van der Waals surface area (Å²) in [6.45, 7) is 1.40. The summed E-state index contributed by atoms with van der Waals surface area (Å²) >= 11 is 3.43. The number of carbonyl (C=O) groups is 2. The van der Waals surface area contributed by atoms with Crippen LogP contribution >= 0.6 is 15.9 Å². The average molecular weight is 719 g/mol. The largest absolute Gasteiger partial charge is 0.454 e. The zero-order chi connectivity index (χ0) is 34.1. The third-order valence-corrected chi connectivity index (χ3v) is 11.2. The molecule has 246 valence electrons. The van der Waals surface area contributed by atoms with Crippen LogP contribution in [0.2, 0.25) is 0 Å². The first-order valence-corrected chi connectivity index (χ1v) is 17.9. The quantitative estimate of drug-likeness (QED) is 0.116. The number of ether oxygens (including phenoxy) is 1. The van der Waals surface area contributed by atoms with Gasteiger partial charge in [0.25, 0.3) is 0 Å². The SMILES string of the molecule is O=C(COC(=O)c1cc2c3c(c1)C(c1ccccc1)(c1ccccc1)CCN3CCC2(c1ccccc1)c1ccccc1)c1ccc(Br)cc1. The van der Waals surface area contributed by atoms with Crippen LogP contribution in [0.25, 0.3) is 0 Å². The molecule has 6 aromatic carbocycles. The molecule has 2 aliphatic heterocycles. The maximum Gasteiger partial charge on any atom is 0.338 e. The lowest BCUT2D eigenvalue weighted by Gasteiger charge is -2.52. The molecular formula is C45H36BrNO3. The van der Waals surface area contributed by atoms with Gasteiger partial charge in [0.05, 0.1) is 5.56 Å². The smallest absolute Gasteiger partial charge is 0.338 e. The molecule has 0 aliphatic carbocycles. The second kappa shape index (κ2) is 13.2. The van der Waals surface area contributed by atoms with E-state index in [9.17, 15) is 9.59 Å². The number of rotatable bonds is 8. The van der Waals surface area contributed by atoms with E-state index in [4.69, 9.17) is 4.74 Å². The lowest BCUT2D eigenvalue weighted by Crippen LogP contribution is -2.49. The molecule has 6 aromatic rings. The second-order valence-corrected chi connectivity index (χ2v) is 14.1. The van der Waals surface area contributed by atoms with Crippen LogP contribution in [0.4, 0.5) is 5.69 Å². The number of benzene rings is 6. The van der Waals surface area contributed by atoms with Gasteiger partial charge in [0.1, 0.15) is 0 Å². The molecule has 2 aliphatic rings. The van der Waals surface area contributed by atoms with Gasteiger partial charge < -0.3 is 9.64 Å². The summed E-state index contributed by atoms with van der Waals surface area (Å²) in [5.41, 5.74) is 7.95. The first kappa shape index (κ1) is 32.0. The topological polar surface area (TPSA) is 46.6 Å². The van der Waals surface area contributed by atoms with Crippen molar-refractivity contribution in [2.45, 2.75) is 23.7 Å². The third-order valence-electron chi connectivity index (χ3n) is 10.7. The van der Waals surface area contributed by atoms with E-state index in [-0.39, 0.29) is 12.4 Å². The van der Waals surface area contributed by atoms with Crippen molar-refractivity contribution in [2.75, 3.05) is 24.6 Å². The number of carbonyl (C=O) groups excluding carboxylic acids is 2. The summed E-state index contributed by atoms with van der Waals surface area (Å²) < 4.78 is 6.73. The molecule has 0 aromatic heterocycles. The molecule has 0 fully saturated rings. The van der Waals surface area contributed by atoms with Crippen LogP contribution in [0.15, 0.2) is 162 Å². The summed E-state index contributed by atoms with van der Waals surface area (Å²) in [5.74, 6) is -0.760. The summed E-state index contributed by atoms with van der Waals surface area (Å²) in [5, 5.41) is 0. The minimum Gasteiger partial charge on any atom is -0.454 e. The van der Waals surface area contributed by atoms with Crippen molar-refractivity contribution < 1.29 is 14.3 Å². The van der Waals surface area contributed by atoms with Gasteiger partial charge in [-0.05, 0) is 70.5 Å². The Bertz CT molecular complexity index is 1950. The van der Waals surface area contributed by atoms with Crippen LogP contribution in [-0.4, -0.2) is 31.4 Å². The monoisotopic (exact) mass is 717 g/mol. The summed E-state index contributed by atoms with van der Waals surface area (Å²) in [6, 6.07) is 53.9. The molecule has 0 spiro atoms. The maximum absolute atomic E-state index is 14.3. The Morgan fingerprint density at radius 2 is 0.960 bits per heavy atom. The Labute approximate surface area is 301 Å². The molecule has 0 N–H and O–H groups in total.